The monoisotopic (exact) mass is 293 g/mol. The average Bonchev–Trinajstić information content (AvgIpc) is 2.72. The highest BCUT2D eigenvalue weighted by Crippen LogP contribution is 2.58. The molecule has 118 valence electrons. The van der Waals surface area contributed by atoms with Crippen molar-refractivity contribution in [3.63, 3.8) is 0 Å². The number of rotatable bonds is 1. The van der Waals surface area contributed by atoms with Crippen molar-refractivity contribution in [2.45, 2.75) is 50.1 Å². The van der Waals surface area contributed by atoms with E-state index in [4.69, 9.17) is 9.47 Å². The van der Waals surface area contributed by atoms with Gasteiger partial charge in [0.15, 0.2) is 0 Å². The van der Waals surface area contributed by atoms with Gasteiger partial charge in [-0.15, -0.1) is 0 Å². The molecule has 1 N–H and O–H groups in total. The van der Waals surface area contributed by atoms with Crippen molar-refractivity contribution in [3.8, 4) is 0 Å². The van der Waals surface area contributed by atoms with Crippen molar-refractivity contribution in [2.75, 3.05) is 27.2 Å². The minimum absolute atomic E-state index is 0.122. The topological polar surface area (TPSA) is 41.9 Å². The number of likely N-dealkylation sites (tertiary alicyclic amines) is 1. The molecule has 21 heavy (non-hydrogen) atoms. The maximum atomic E-state index is 10.0. The molecule has 4 rings (SSSR count). The normalized spacial score (nSPS) is 53.1. The third-order valence-electron chi connectivity index (χ3n) is 6.45. The zero-order valence-electron chi connectivity index (χ0n) is 13.1. The largest absolute Gasteiger partial charge is 0.389 e. The summed E-state index contributed by atoms with van der Waals surface area (Å²) in [6.45, 7) is 2.30. The molecule has 4 heteroatoms. The first-order valence-electron chi connectivity index (χ1n) is 8.38. The fraction of sp³-hybridized carbons (Fsp3) is 0.882. The number of ether oxygens (including phenoxy) is 2. The van der Waals surface area contributed by atoms with Gasteiger partial charge in [0.25, 0.3) is 0 Å². The summed E-state index contributed by atoms with van der Waals surface area (Å²) in [7, 11) is 4.06. The summed E-state index contributed by atoms with van der Waals surface area (Å²) in [5.74, 6) is 1.24. The number of hydrogen-bond donors (Lipinski definition) is 1. The minimum Gasteiger partial charge on any atom is -0.389 e. The van der Waals surface area contributed by atoms with Gasteiger partial charge in [-0.3, -0.25) is 0 Å². The van der Waals surface area contributed by atoms with Gasteiger partial charge in [-0.05, 0) is 38.8 Å². The molecule has 0 aromatic carbocycles. The van der Waals surface area contributed by atoms with Gasteiger partial charge in [0.2, 0.25) is 0 Å². The Morgan fingerprint density at radius 2 is 2.24 bits per heavy atom. The third-order valence-corrected chi connectivity index (χ3v) is 6.45. The van der Waals surface area contributed by atoms with Crippen LogP contribution in [0.2, 0.25) is 0 Å². The van der Waals surface area contributed by atoms with E-state index in [0.717, 1.165) is 25.8 Å². The average molecular weight is 293 g/mol. The van der Waals surface area contributed by atoms with E-state index in [9.17, 15) is 5.11 Å². The van der Waals surface area contributed by atoms with Gasteiger partial charge in [-0.2, -0.15) is 0 Å². The molecule has 4 nitrogen and oxygen atoms in total. The molecule has 2 heterocycles. The Morgan fingerprint density at radius 3 is 3.05 bits per heavy atom. The van der Waals surface area contributed by atoms with E-state index in [0.29, 0.717) is 11.8 Å². The van der Waals surface area contributed by atoms with E-state index >= 15 is 0 Å². The van der Waals surface area contributed by atoms with Crippen molar-refractivity contribution in [2.24, 2.45) is 17.3 Å². The van der Waals surface area contributed by atoms with E-state index in [1.54, 1.807) is 0 Å². The van der Waals surface area contributed by atoms with Gasteiger partial charge < -0.3 is 19.5 Å². The van der Waals surface area contributed by atoms with E-state index < -0.39 is 0 Å². The summed E-state index contributed by atoms with van der Waals surface area (Å²) < 4.78 is 12.2. The van der Waals surface area contributed by atoms with Crippen molar-refractivity contribution in [3.05, 3.63) is 12.2 Å². The van der Waals surface area contributed by atoms with Crippen molar-refractivity contribution in [1.82, 2.24) is 4.90 Å². The Labute approximate surface area is 127 Å². The van der Waals surface area contributed by atoms with E-state index in [1.807, 2.05) is 13.2 Å². The Bertz CT molecular complexity index is 440. The summed E-state index contributed by atoms with van der Waals surface area (Å²) in [6, 6.07) is 0. The molecule has 2 aliphatic carbocycles. The Morgan fingerprint density at radius 1 is 1.38 bits per heavy atom. The fourth-order valence-electron chi connectivity index (χ4n) is 5.50. The van der Waals surface area contributed by atoms with Crippen LogP contribution in [-0.2, 0) is 9.47 Å². The van der Waals surface area contributed by atoms with Crippen molar-refractivity contribution < 1.29 is 14.6 Å². The zero-order valence-corrected chi connectivity index (χ0v) is 13.1. The molecular formula is C17H27NO3. The molecule has 1 saturated carbocycles. The maximum absolute atomic E-state index is 10.0. The molecular weight excluding hydrogens is 266 g/mol. The number of nitrogens with zero attached hydrogens (tertiary/aromatic N) is 1. The molecule has 2 aliphatic heterocycles. The second kappa shape index (κ2) is 5.05. The molecule has 0 radical (unpaired) electrons. The van der Waals surface area contributed by atoms with Crippen LogP contribution < -0.4 is 0 Å². The number of aliphatic hydroxyl groups is 1. The summed E-state index contributed by atoms with van der Waals surface area (Å²) in [5.41, 5.74) is 0.122. The van der Waals surface area contributed by atoms with Crippen molar-refractivity contribution >= 4 is 0 Å². The minimum atomic E-state index is -0.346. The lowest BCUT2D eigenvalue weighted by atomic mass is 9.59. The Hall–Kier alpha value is -0.420. The molecule has 2 saturated heterocycles. The van der Waals surface area contributed by atoms with Gasteiger partial charge in [0.05, 0.1) is 24.4 Å². The second-order valence-corrected chi connectivity index (χ2v) is 7.51. The fourth-order valence-corrected chi connectivity index (χ4v) is 5.50. The first-order valence-corrected chi connectivity index (χ1v) is 8.38. The van der Waals surface area contributed by atoms with Gasteiger partial charge in [-0.25, -0.2) is 0 Å². The van der Waals surface area contributed by atoms with Crippen LogP contribution in [0.25, 0.3) is 0 Å². The van der Waals surface area contributed by atoms with Gasteiger partial charge in [0, 0.05) is 31.4 Å². The van der Waals surface area contributed by atoms with Crippen LogP contribution in [0.5, 0.6) is 0 Å². The lowest BCUT2D eigenvalue weighted by Crippen LogP contribution is -2.48. The highest BCUT2D eigenvalue weighted by Gasteiger charge is 2.62. The summed E-state index contributed by atoms with van der Waals surface area (Å²) in [5, 5.41) is 10.0. The van der Waals surface area contributed by atoms with E-state index in [-0.39, 0.29) is 29.8 Å². The first kappa shape index (κ1) is 14.2. The standard InChI is InChI=1S/C17H27NO3/c1-18-8-7-17-6-5-12(19)9-14(17)21-16-13(20-2)4-3-11(10-18)15(16)17/h5-6,11-16,19H,3-4,7-10H2,1-2H3. The summed E-state index contributed by atoms with van der Waals surface area (Å²) >= 11 is 0. The van der Waals surface area contributed by atoms with Crippen LogP contribution in [-0.4, -0.2) is 61.7 Å². The molecule has 0 amide bonds. The highest BCUT2D eigenvalue weighted by molar-refractivity contribution is 5.21. The predicted octanol–water partition coefficient (Wildman–Crippen LogP) is 1.44. The molecule has 0 aromatic heterocycles. The second-order valence-electron chi connectivity index (χ2n) is 7.51. The van der Waals surface area contributed by atoms with E-state index in [1.165, 1.54) is 13.0 Å². The van der Waals surface area contributed by atoms with Crippen LogP contribution in [0.15, 0.2) is 12.2 Å². The van der Waals surface area contributed by atoms with Crippen molar-refractivity contribution in [1.29, 1.82) is 0 Å². The van der Waals surface area contributed by atoms with Gasteiger partial charge in [0.1, 0.15) is 0 Å². The quantitative estimate of drug-likeness (QED) is 0.743. The predicted molar refractivity (Wildman–Crippen MR) is 80.0 cm³/mol. The summed E-state index contributed by atoms with van der Waals surface area (Å²) in [4.78, 5) is 2.48. The lowest BCUT2D eigenvalue weighted by molar-refractivity contribution is -0.0980. The summed E-state index contributed by atoms with van der Waals surface area (Å²) in [6.07, 6.45) is 8.80. The van der Waals surface area contributed by atoms with Crippen LogP contribution in [0.4, 0.5) is 0 Å². The third kappa shape index (κ3) is 2.03. The number of aliphatic hydroxyl groups excluding tert-OH is 1. The van der Waals surface area contributed by atoms with E-state index in [2.05, 4.69) is 18.0 Å². The highest BCUT2D eigenvalue weighted by atomic mass is 16.5. The van der Waals surface area contributed by atoms with Crippen LogP contribution in [0, 0.1) is 17.3 Å². The molecule has 3 fully saturated rings. The van der Waals surface area contributed by atoms with Crippen LogP contribution in [0.1, 0.15) is 25.7 Å². The van der Waals surface area contributed by atoms with Crippen LogP contribution in [0.3, 0.4) is 0 Å². The zero-order chi connectivity index (χ0) is 14.6. The Balaban J connectivity index is 1.76. The molecule has 1 spiro atoms. The molecule has 7 atom stereocenters. The first-order chi connectivity index (χ1) is 10.1. The number of hydrogen-bond acceptors (Lipinski definition) is 4. The lowest BCUT2D eigenvalue weighted by Gasteiger charge is -2.44. The molecule has 7 unspecified atom stereocenters. The van der Waals surface area contributed by atoms with Crippen LogP contribution >= 0.6 is 0 Å². The van der Waals surface area contributed by atoms with Gasteiger partial charge in [-0.1, -0.05) is 12.2 Å². The smallest absolute Gasteiger partial charge is 0.0881 e. The molecule has 0 bridgehead atoms. The molecule has 0 aromatic rings. The number of methoxy groups -OCH3 is 1. The molecule has 4 aliphatic rings. The maximum Gasteiger partial charge on any atom is 0.0881 e. The SMILES string of the molecule is COC1CCC2CN(C)CCC34C=CC(O)CC3OC1C24. The Kier molecular flexibility index (Phi) is 3.41. The van der Waals surface area contributed by atoms with Gasteiger partial charge >= 0.3 is 0 Å².